The van der Waals surface area contributed by atoms with Crippen LogP contribution in [0.5, 0.6) is 0 Å². The van der Waals surface area contributed by atoms with Gasteiger partial charge in [0.25, 0.3) is 0 Å². The molecule has 0 radical (unpaired) electrons. The number of nitrogens with one attached hydrogen (secondary N) is 1. The Morgan fingerprint density at radius 2 is 2.00 bits per heavy atom. The average molecular weight is 273 g/mol. The van der Waals surface area contributed by atoms with Crippen LogP contribution >= 0.6 is 0 Å². The molecule has 20 heavy (non-hydrogen) atoms. The third kappa shape index (κ3) is 2.66. The van der Waals surface area contributed by atoms with Crippen molar-refractivity contribution in [1.29, 1.82) is 0 Å². The maximum Gasteiger partial charge on any atom is 0.321 e. The van der Waals surface area contributed by atoms with E-state index in [-0.39, 0.29) is 6.03 Å². The van der Waals surface area contributed by atoms with Gasteiger partial charge < -0.3 is 10.2 Å². The largest absolute Gasteiger partial charge is 0.323 e. The van der Waals surface area contributed by atoms with Crippen molar-refractivity contribution in [2.75, 3.05) is 31.5 Å². The minimum atomic E-state index is 0.0371. The molecule has 0 saturated carbocycles. The van der Waals surface area contributed by atoms with Crippen molar-refractivity contribution in [3.05, 3.63) is 30.3 Å². The molecule has 0 bridgehead atoms. The number of hydrogen-bond acceptors (Lipinski definition) is 2. The summed E-state index contributed by atoms with van der Waals surface area (Å²) in [6, 6.07) is 10.3. The molecule has 2 amide bonds. The number of carbonyl (C=O) groups is 1. The molecule has 0 aromatic heterocycles. The van der Waals surface area contributed by atoms with Crippen LogP contribution in [0.1, 0.15) is 13.8 Å². The SMILES string of the molecule is CC(C)CN1CC2CN(C(=O)Nc3ccccc3)CC21. The topological polar surface area (TPSA) is 35.6 Å². The molecule has 0 spiro atoms. The first-order valence-corrected chi connectivity index (χ1v) is 7.48. The first kappa shape index (κ1) is 13.4. The lowest BCUT2D eigenvalue weighted by atomic mass is 9.91. The van der Waals surface area contributed by atoms with Crippen molar-refractivity contribution in [1.82, 2.24) is 9.80 Å². The molecular weight excluding hydrogens is 250 g/mol. The van der Waals surface area contributed by atoms with E-state index in [1.807, 2.05) is 35.2 Å². The van der Waals surface area contributed by atoms with Crippen molar-refractivity contribution in [2.24, 2.45) is 11.8 Å². The number of amides is 2. The van der Waals surface area contributed by atoms with Crippen molar-refractivity contribution in [3.63, 3.8) is 0 Å². The smallest absolute Gasteiger partial charge is 0.321 e. The Balaban J connectivity index is 1.54. The summed E-state index contributed by atoms with van der Waals surface area (Å²) in [7, 11) is 0. The highest BCUT2D eigenvalue weighted by molar-refractivity contribution is 5.89. The quantitative estimate of drug-likeness (QED) is 0.918. The number of benzene rings is 1. The number of urea groups is 1. The van der Waals surface area contributed by atoms with Crippen LogP contribution < -0.4 is 5.32 Å². The highest BCUT2D eigenvalue weighted by Crippen LogP contribution is 2.33. The van der Waals surface area contributed by atoms with Gasteiger partial charge in [0.05, 0.1) is 0 Å². The van der Waals surface area contributed by atoms with Crippen molar-refractivity contribution in [3.8, 4) is 0 Å². The summed E-state index contributed by atoms with van der Waals surface area (Å²) in [5, 5.41) is 2.98. The van der Waals surface area contributed by atoms with Crippen LogP contribution in [0, 0.1) is 11.8 Å². The van der Waals surface area contributed by atoms with Crippen LogP contribution in [0.2, 0.25) is 0 Å². The van der Waals surface area contributed by atoms with E-state index in [0.717, 1.165) is 31.9 Å². The van der Waals surface area contributed by atoms with Crippen LogP contribution in [-0.2, 0) is 0 Å². The first-order valence-electron chi connectivity index (χ1n) is 7.48. The summed E-state index contributed by atoms with van der Waals surface area (Å²) in [4.78, 5) is 16.7. The van der Waals surface area contributed by atoms with Gasteiger partial charge >= 0.3 is 6.03 Å². The fourth-order valence-corrected chi connectivity index (χ4v) is 3.31. The number of anilines is 1. The van der Waals surface area contributed by atoms with E-state index >= 15 is 0 Å². The van der Waals surface area contributed by atoms with Crippen LogP contribution in [0.4, 0.5) is 10.5 Å². The maximum atomic E-state index is 12.3. The van der Waals surface area contributed by atoms with Gasteiger partial charge in [0.15, 0.2) is 0 Å². The highest BCUT2D eigenvalue weighted by Gasteiger charge is 2.46. The zero-order valence-electron chi connectivity index (χ0n) is 12.2. The lowest BCUT2D eigenvalue weighted by Crippen LogP contribution is -2.56. The lowest BCUT2D eigenvalue weighted by molar-refractivity contribution is 0.0403. The first-order chi connectivity index (χ1) is 9.63. The Bertz CT molecular complexity index is 474. The molecule has 3 rings (SSSR count). The van der Waals surface area contributed by atoms with Gasteiger partial charge in [0, 0.05) is 43.8 Å². The van der Waals surface area contributed by atoms with Crippen LogP contribution in [0.25, 0.3) is 0 Å². The number of para-hydroxylation sites is 1. The third-order valence-corrected chi connectivity index (χ3v) is 4.26. The van der Waals surface area contributed by atoms with E-state index in [1.54, 1.807) is 0 Å². The Kier molecular flexibility index (Phi) is 3.66. The molecule has 0 aliphatic carbocycles. The van der Waals surface area contributed by atoms with Crippen LogP contribution in [0.15, 0.2) is 30.3 Å². The summed E-state index contributed by atoms with van der Waals surface area (Å²) >= 11 is 0. The molecule has 2 unspecified atom stereocenters. The summed E-state index contributed by atoms with van der Waals surface area (Å²) in [5.74, 6) is 1.37. The van der Waals surface area contributed by atoms with Gasteiger partial charge in [-0.3, -0.25) is 4.90 Å². The molecule has 1 aromatic rings. The highest BCUT2D eigenvalue weighted by atomic mass is 16.2. The van der Waals surface area contributed by atoms with E-state index in [1.165, 1.54) is 0 Å². The molecule has 2 aliphatic heterocycles. The number of hydrogen-bond donors (Lipinski definition) is 1. The van der Waals surface area contributed by atoms with Gasteiger partial charge in [-0.2, -0.15) is 0 Å². The molecule has 2 atom stereocenters. The minimum Gasteiger partial charge on any atom is -0.323 e. The second kappa shape index (κ2) is 5.44. The predicted molar refractivity (Wildman–Crippen MR) is 80.7 cm³/mol. The Morgan fingerprint density at radius 1 is 1.25 bits per heavy atom. The Labute approximate surface area is 120 Å². The van der Waals surface area contributed by atoms with E-state index in [0.29, 0.717) is 17.9 Å². The number of carbonyl (C=O) groups excluding carboxylic acids is 1. The summed E-state index contributed by atoms with van der Waals surface area (Å²) in [6.45, 7) is 8.57. The predicted octanol–water partition coefficient (Wildman–Crippen LogP) is 2.49. The van der Waals surface area contributed by atoms with Gasteiger partial charge in [-0.25, -0.2) is 4.79 Å². The molecule has 2 fully saturated rings. The zero-order valence-corrected chi connectivity index (χ0v) is 12.2. The zero-order chi connectivity index (χ0) is 14.1. The normalized spacial score (nSPS) is 25.4. The van der Waals surface area contributed by atoms with Crippen molar-refractivity contribution >= 4 is 11.7 Å². The summed E-state index contributed by atoms with van der Waals surface area (Å²) in [6.07, 6.45) is 0. The Hall–Kier alpha value is -1.55. The van der Waals surface area contributed by atoms with Gasteiger partial charge in [-0.05, 0) is 18.1 Å². The van der Waals surface area contributed by atoms with E-state index in [4.69, 9.17) is 0 Å². The van der Waals surface area contributed by atoms with E-state index in [2.05, 4.69) is 24.1 Å². The lowest BCUT2D eigenvalue weighted by Gasteiger charge is -2.44. The second-order valence-electron chi connectivity index (χ2n) is 6.38. The van der Waals surface area contributed by atoms with Gasteiger partial charge in [-0.15, -0.1) is 0 Å². The van der Waals surface area contributed by atoms with Crippen LogP contribution in [-0.4, -0.2) is 48.1 Å². The number of likely N-dealkylation sites (tertiary alicyclic amines) is 2. The van der Waals surface area contributed by atoms with E-state index < -0.39 is 0 Å². The molecule has 4 heteroatoms. The van der Waals surface area contributed by atoms with E-state index in [9.17, 15) is 4.79 Å². The third-order valence-electron chi connectivity index (χ3n) is 4.26. The summed E-state index contributed by atoms with van der Waals surface area (Å²) in [5.41, 5.74) is 0.871. The minimum absolute atomic E-state index is 0.0371. The Morgan fingerprint density at radius 3 is 2.70 bits per heavy atom. The monoisotopic (exact) mass is 273 g/mol. The number of fused-ring (bicyclic) bond motifs is 1. The second-order valence-corrected chi connectivity index (χ2v) is 6.38. The van der Waals surface area contributed by atoms with Gasteiger partial charge in [-0.1, -0.05) is 32.0 Å². The summed E-state index contributed by atoms with van der Waals surface area (Å²) < 4.78 is 0. The van der Waals surface area contributed by atoms with Crippen LogP contribution in [0.3, 0.4) is 0 Å². The number of rotatable bonds is 3. The molecule has 2 heterocycles. The fraction of sp³-hybridized carbons (Fsp3) is 0.562. The molecule has 2 aliphatic rings. The maximum absolute atomic E-state index is 12.3. The van der Waals surface area contributed by atoms with Crippen molar-refractivity contribution < 1.29 is 4.79 Å². The molecule has 4 nitrogen and oxygen atoms in total. The standard InChI is InChI=1S/C16H23N3O/c1-12(2)8-18-9-13-10-19(11-15(13)18)16(20)17-14-6-4-3-5-7-14/h3-7,12-13,15H,8-11H2,1-2H3,(H,17,20). The average Bonchev–Trinajstić information content (AvgIpc) is 2.75. The van der Waals surface area contributed by atoms with Gasteiger partial charge in [0.1, 0.15) is 0 Å². The molecule has 2 saturated heterocycles. The molecular formula is C16H23N3O. The molecule has 1 N–H and O–H groups in total. The van der Waals surface area contributed by atoms with Gasteiger partial charge in [0.2, 0.25) is 0 Å². The fourth-order valence-electron chi connectivity index (χ4n) is 3.31. The van der Waals surface area contributed by atoms with Crippen molar-refractivity contribution in [2.45, 2.75) is 19.9 Å². The number of nitrogens with zero attached hydrogens (tertiary/aromatic N) is 2. The molecule has 108 valence electrons. The molecule has 1 aromatic carbocycles.